The molecule has 1 aliphatic heterocycles. The van der Waals surface area contributed by atoms with Crippen molar-refractivity contribution in [2.75, 3.05) is 23.7 Å². The monoisotopic (exact) mass is 418 g/mol. The topological polar surface area (TPSA) is 94.0 Å². The molecule has 0 bridgehead atoms. The van der Waals surface area contributed by atoms with Crippen LogP contribution in [0.5, 0.6) is 0 Å². The van der Waals surface area contributed by atoms with Gasteiger partial charge in [-0.2, -0.15) is 0 Å². The third-order valence-electron chi connectivity index (χ3n) is 6.18. The zero-order valence-electron chi connectivity index (χ0n) is 16.4. The summed E-state index contributed by atoms with van der Waals surface area (Å²) in [6.07, 6.45) is 9.89. The lowest BCUT2D eigenvalue weighted by Gasteiger charge is -2.42. The molecule has 28 heavy (non-hydrogen) atoms. The van der Waals surface area contributed by atoms with Crippen LogP contribution in [0.15, 0.2) is 34.6 Å². The van der Waals surface area contributed by atoms with Crippen LogP contribution in [-0.2, 0) is 0 Å². The fourth-order valence-corrected chi connectivity index (χ4v) is 5.84. The Kier molecular flexibility index (Phi) is 5.18. The molecule has 4 N–H and O–H groups in total. The van der Waals surface area contributed by atoms with Crippen molar-refractivity contribution < 1.29 is 0 Å². The summed E-state index contributed by atoms with van der Waals surface area (Å²) < 4.78 is 0. The molecule has 1 saturated carbocycles. The van der Waals surface area contributed by atoms with Gasteiger partial charge in [0.2, 0.25) is 0 Å². The molecule has 1 aliphatic carbocycles. The van der Waals surface area contributed by atoms with Gasteiger partial charge in [-0.15, -0.1) is 0 Å². The minimum absolute atomic E-state index is 0.293. The standard InChI is InChI=1S/C20H27ClN6S/c1-19(2)9-14(22)20(12-19)4-7-27(8-5-20)15-10-26-16(11-25-15)28-13-3-6-24-18(23)17(13)21/h3,6,10-11,14H,4-5,7-9,12,22H2,1-2H3,(H2,23,24)/t14-/m1/s1. The molecule has 1 spiro atoms. The lowest BCUT2D eigenvalue weighted by molar-refractivity contribution is 0.180. The normalized spacial score (nSPS) is 23.3. The molecule has 2 aliphatic rings. The maximum atomic E-state index is 6.55. The van der Waals surface area contributed by atoms with Gasteiger partial charge in [0.1, 0.15) is 16.7 Å². The number of rotatable bonds is 3. The lowest BCUT2D eigenvalue weighted by atomic mass is 9.73. The van der Waals surface area contributed by atoms with Crippen LogP contribution in [0.2, 0.25) is 5.02 Å². The molecule has 6 nitrogen and oxygen atoms in total. The molecule has 2 fully saturated rings. The van der Waals surface area contributed by atoms with Gasteiger partial charge in [-0.25, -0.2) is 15.0 Å². The van der Waals surface area contributed by atoms with Crippen LogP contribution >= 0.6 is 23.4 Å². The molecule has 4 rings (SSSR count). The molecule has 2 aromatic heterocycles. The van der Waals surface area contributed by atoms with Crippen LogP contribution < -0.4 is 16.4 Å². The largest absolute Gasteiger partial charge is 0.382 e. The Morgan fingerprint density at radius 1 is 1.18 bits per heavy atom. The summed E-state index contributed by atoms with van der Waals surface area (Å²) in [6, 6.07) is 2.14. The zero-order valence-corrected chi connectivity index (χ0v) is 17.9. The third kappa shape index (κ3) is 3.80. The summed E-state index contributed by atoms with van der Waals surface area (Å²) in [6.45, 7) is 6.66. The number of hydrogen-bond acceptors (Lipinski definition) is 7. The van der Waals surface area contributed by atoms with Gasteiger partial charge in [-0.1, -0.05) is 37.2 Å². The van der Waals surface area contributed by atoms with E-state index in [1.165, 1.54) is 18.2 Å². The highest BCUT2D eigenvalue weighted by Gasteiger charge is 2.50. The first-order valence-electron chi connectivity index (χ1n) is 9.68. The van der Waals surface area contributed by atoms with Crippen LogP contribution in [0.1, 0.15) is 39.5 Å². The van der Waals surface area contributed by atoms with Crippen molar-refractivity contribution in [2.45, 2.75) is 55.5 Å². The fourth-order valence-electron chi connectivity index (χ4n) is 4.86. The van der Waals surface area contributed by atoms with Crippen molar-refractivity contribution in [1.82, 2.24) is 15.0 Å². The van der Waals surface area contributed by atoms with Gasteiger partial charge in [-0.05, 0) is 42.6 Å². The Bertz CT molecular complexity index is 848. The maximum absolute atomic E-state index is 6.55. The summed E-state index contributed by atoms with van der Waals surface area (Å²) in [5.41, 5.74) is 13.0. The molecule has 2 aromatic rings. The van der Waals surface area contributed by atoms with Crippen molar-refractivity contribution in [3.63, 3.8) is 0 Å². The van der Waals surface area contributed by atoms with Crippen LogP contribution in [0.4, 0.5) is 11.6 Å². The van der Waals surface area contributed by atoms with Crippen molar-refractivity contribution in [3.05, 3.63) is 29.7 Å². The summed E-state index contributed by atoms with van der Waals surface area (Å²) in [7, 11) is 0. The summed E-state index contributed by atoms with van der Waals surface area (Å²) in [5.74, 6) is 1.25. The first-order valence-corrected chi connectivity index (χ1v) is 10.9. The number of halogens is 1. The second-order valence-electron chi connectivity index (χ2n) is 8.82. The Hall–Kier alpha value is -1.57. The van der Waals surface area contributed by atoms with E-state index in [1.54, 1.807) is 12.4 Å². The van der Waals surface area contributed by atoms with Crippen molar-refractivity contribution in [1.29, 1.82) is 0 Å². The second-order valence-corrected chi connectivity index (χ2v) is 10.3. The van der Waals surface area contributed by atoms with E-state index in [-0.39, 0.29) is 0 Å². The number of anilines is 2. The number of nitrogens with zero attached hydrogens (tertiary/aromatic N) is 4. The minimum atomic E-state index is 0.293. The Balaban J connectivity index is 1.41. The van der Waals surface area contributed by atoms with E-state index in [0.29, 0.717) is 27.7 Å². The first-order chi connectivity index (χ1) is 13.3. The minimum Gasteiger partial charge on any atom is -0.382 e. The average Bonchev–Trinajstić information content (AvgIpc) is 2.88. The average molecular weight is 419 g/mol. The highest BCUT2D eigenvalue weighted by atomic mass is 35.5. The third-order valence-corrected chi connectivity index (χ3v) is 7.67. The number of nitrogens with two attached hydrogens (primary N) is 2. The van der Waals surface area contributed by atoms with E-state index in [9.17, 15) is 0 Å². The van der Waals surface area contributed by atoms with E-state index >= 15 is 0 Å². The first kappa shape index (κ1) is 19.7. The molecule has 0 unspecified atom stereocenters. The van der Waals surface area contributed by atoms with Crippen molar-refractivity contribution in [3.8, 4) is 0 Å². The van der Waals surface area contributed by atoms with E-state index in [2.05, 4.69) is 33.7 Å². The van der Waals surface area contributed by atoms with Crippen LogP contribution in [0, 0.1) is 10.8 Å². The molecule has 0 radical (unpaired) electrons. The molecular weight excluding hydrogens is 392 g/mol. The second kappa shape index (κ2) is 7.35. The van der Waals surface area contributed by atoms with E-state index in [0.717, 1.165) is 48.1 Å². The fraction of sp³-hybridized carbons (Fsp3) is 0.550. The summed E-state index contributed by atoms with van der Waals surface area (Å²) in [4.78, 5) is 16.3. The van der Waals surface area contributed by atoms with E-state index in [4.69, 9.17) is 23.1 Å². The predicted octanol–water partition coefficient (Wildman–Crippen LogP) is 3.99. The number of nitrogen functional groups attached to an aromatic ring is 1. The lowest BCUT2D eigenvalue weighted by Crippen LogP contribution is -2.47. The SMILES string of the molecule is CC1(C)C[C@@H](N)C2(CCN(c3cnc(Sc4ccnc(N)c4Cl)cn3)CC2)C1. The Morgan fingerprint density at radius 3 is 2.54 bits per heavy atom. The Morgan fingerprint density at radius 2 is 1.93 bits per heavy atom. The smallest absolute Gasteiger partial charge is 0.147 e. The molecule has 1 atom stereocenters. The highest BCUT2D eigenvalue weighted by Crippen LogP contribution is 2.53. The number of piperidine rings is 1. The molecule has 0 aromatic carbocycles. The van der Waals surface area contributed by atoms with E-state index in [1.807, 2.05) is 12.3 Å². The summed E-state index contributed by atoms with van der Waals surface area (Å²) >= 11 is 7.65. The van der Waals surface area contributed by atoms with Crippen molar-refractivity contribution >= 4 is 35.0 Å². The van der Waals surface area contributed by atoms with Crippen LogP contribution in [0.3, 0.4) is 0 Å². The maximum Gasteiger partial charge on any atom is 0.147 e. The van der Waals surface area contributed by atoms with Crippen LogP contribution in [0.25, 0.3) is 0 Å². The predicted molar refractivity (Wildman–Crippen MR) is 115 cm³/mol. The highest BCUT2D eigenvalue weighted by molar-refractivity contribution is 7.99. The van der Waals surface area contributed by atoms with E-state index < -0.39 is 0 Å². The molecular formula is C20H27ClN6S. The van der Waals surface area contributed by atoms with Gasteiger partial charge in [0.15, 0.2) is 0 Å². The summed E-state index contributed by atoms with van der Waals surface area (Å²) in [5, 5.41) is 1.24. The number of aromatic nitrogens is 3. The van der Waals surface area contributed by atoms with Crippen molar-refractivity contribution in [2.24, 2.45) is 16.6 Å². The number of pyridine rings is 1. The van der Waals surface area contributed by atoms with Gasteiger partial charge in [0.25, 0.3) is 0 Å². The van der Waals surface area contributed by atoms with Gasteiger partial charge < -0.3 is 16.4 Å². The molecule has 1 saturated heterocycles. The number of hydrogen-bond donors (Lipinski definition) is 2. The zero-order chi connectivity index (χ0) is 19.9. The molecule has 3 heterocycles. The van der Waals surface area contributed by atoms with Gasteiger partial charge in [0, 0.05) is 30.2 Å². The van der Waals surface area contributed by atoms with Gasteiger partial charge in [0.05, 0.1) is 17.4 Å². The van der Waals surface area contributed by atoms with Gasteiger partial charge in [-0.3, -0.25) is 0 Å². The molecule has 150 valence electrons. The van der Waals surface area contributed by atoms with Gasteiger partial charge >= 0.3 is 0 Å². The van der Waals surface area contributed by atoms with Crippen LogP contribution in [-0.4, -0.2) is 34.1 Å². The molecule has 0 amide bonds. The quantitative estimate of drug-likeness (QED) is 0.777. The Labute approximate surface area is 175 Å². The molecule has 8 heteroatoms.